The van der Waals surface area contributed by atoms with Gasteiger partial charge in [0, 0.05) is 11.1 Å². The highest BCUT2D eigenvalue weighted by Gasteiger charge is 2.22. The number of unbranched alkanes of at least 4 members (excludes halogenated alkanes) is 7. The van der Waals surface area contributed by atoms with Crippen molar-refractivity contribution in [2.75, 3.05) is 0 Å². The van der Waals surface area contributed by atoms with Gasteiger partial charge in [0.1, 0.15) is 11.6 Å². The van der Waals surface area contributed by atoms with Crippen molar-refractivity contribution < 1.29 is 27.1 Å². The van der Waals surface area contributed by atoms with E-state index >= 15 is 4.39 Å². The molecule has 0 aliphatic carbocycles. The monoisotopic (exact) mass is 490 g/mol. The maximum Gasteiger partial charge on any atom is 0.194 e. The molecule has 0 radical (unpaired) electrons. The van der Waals surface area contributed by atoms with Crippen molar-refractivity contribution in [2.24, 2.45) is 0 Å². The molecule has 0 heterocycles. The summed E-state index contributed by atoms with van der Waals surface area (Å²) in [6, 6.07) is 9.32. The van der Waals surface area contributed by atoms with E-state index in [-0.39, 0.29) is 16.7 Å². The number of hydrogen-bond acceptors (Lipinski definition) is 1. The number of rotatable bonds is 12. The summed E-state index contributed by atoms with van der Waals surface area (Å²) in [7, 11) is 0. The van der Waals surface area contributed by atoms with Gasteiger partial charge < -0.3 is 5.11 Å². The van der Waals surface area contributed by atoms with Crippen LogP contribution in [0.25, 0.3) is 22.3 Å². The molecule has 0 saturated carbocycles. The minimum atomic E-state index is -1.66. The zero-order chi connectivity index (χ0) is 25.4. The van der Waals surface area contributed by atoms with E-state index in [2.05, 4.69) is 6.92 Å². The summed E-state index contributed by atoms with van der Waals surface area (Å²) in [4.78, 5) is 0. The highest BCUT2D eigenvalue weighted by molar-refractivity contribution is 5.84. The first kappa shape index (κ1) is 26.9. The SMILES string of the molecule is CCCCCCCCCCc1ccc(-c2c(-c3cc(F)c(F)c(F)c3)cc(F)c(CO)c2F)cc1. The van der Waals surface area contributed by atoms with Gasteiger partial charge in [-0.2, -0.15) is 0 Å². The van der Waals surface area contributed by atoms with Crippen molar-refractivity contribution >= 4 is 0 Å². The molecule has 0 aliphatic heterocycles. The Hall–Kier alpha value is -2.73. The zero-order valence-corrected chi connectivity index (χ0v) is 19.9. The van der Waals surface area contributed by atoms with Gasteiger partial charge in [-0.05, 0) is 53.3 Å². The summed E-state index contributed by atoms with van der Waals surface area (Å²) >= 11 is 0. The Kier molecular flexibility index (Phi) is 9.84. The van der Waals surface area contributed by atoms with Crippen LogP contribution in [-0.4, -0.2) is 5.11 Å². The maximum atomic E-state index is 15.3. The predicted octanol–water partition coefficient (Wildman–Crippen LogP) is 8.89. The van der Waals surface area contributed by atoms with Crippen LogP contribution in [0, 0.1) is 29.1 Å². The number of halogens is 5. The van der Waals surface area contributed by atoms with E-state index in [0.29, 0.717) is 17.7 Å². The molecule has 0 unspecified atom stereocenters. The molecule has 3 aromatic rings. The fraction of sp³-hybridized carbons (Fsp3) is 0.379. The van der Waals surface area contributed by atoms with Crippen molar-refractivity contribution in [1.29, 1.82) is 0 Å². The Balaban J connectivity index is 1.82. The smallest absolute Gasteiger partial charge is 0.194 e. The van der Waals surface area contributed by atoms with E-state index < -0.39 is 41.3 Å². The number of benzene rings is 3. The third kappa shape index (κ3) is 6.69. The van der Waals surface area contributed by atoms with Crippen molar-refractivity contribution in [3.63, 3.8) is 0 Å². The van der Waals surface area contributed by atoms with Crippen molar-refractivity contribution in [2.45, 2.75) is 71.3 Å². The predicted molar refractivity (Wildman–Crippen MR) is 129 cm³/mol. The third-order valence-electron chi connectivity index (χ3n) is 6.33. The van der Waals surface area contributed by atoms with Gasteiger partial charge in [-0.25, -0.2) is 22.0 Å². The summed E-state index contributed by atoms with van der Waals surface area (Å²) in [5.41, 5.74) is 0.420. The lowest BCUT2D eigenvalue weighted by Gasteiger charge is -2.16. The van der Waals surface area contributed by atoms with Gasteiger partial charge in [0.25, 0.3) is 0 Å². The fourth-order valence-corrected chi connectivity index (χ4v) is 4.33. The van der Waals surface area contributed by atoms with Gasteiger partial charge in [-0.15, -0.1) is 0 Å². The lowest BCUT2D eigenvalue weighted by Crippen LogP contribution is -2.02. The molecule has 0 saturated heterocycles. The van der Waals surface area contributed by atoms with Crippen molar-refractivity contribution in [3.05, 3.63) is 82.7 Å². The number of aliphatic hydroxyl groups excluding tert-OH is 1. The minimum absolute atomic E-state index is 0.112. The molecule has 1 N–H and O–H groups in total. The highest BCUT2D eigenvalue weighted by Crippen LogP contribution is 2.38. The van der Waals surface area contributed by atoms with E-state index in [1.54, 1.807) is 12.1 Å². The van der Waals surface area contributed by atoms with E-state index in [0.717, 1.165) is 30.9 Å². The molecular formula is C29H31F5O. The van der Waals surface area contributed by atoms with Crippen LogP contribution in [0.5, 0.6) is 0 Å². The fourth-order valence-electron chi connectivity index (χ4n) is 4.33. The van der Waals surface area contributed by atoms with Crippen LogP contribution in [0.2, 0.25) is 0 Å². The summed E-state index contributed by atoms with van der Waals surface area (Å²) < 4.78 is 70.9. The van der Waals surface area contributed by atoms with Gasteiger partial charge >= 0.3 is 0 Å². The lowest BCUT2D eigenvalue weighted by atomic mass is 9.91. The van der Waals surface area contributed by atoms with Crippen LogP contribution in [0.1, 0.15) is 69.4 Å². The van der Waals surface area contributed by atoms with Crippen molar-refractivity contribution in [1.82, 2.24) is 0 Å². The van der Waals surface area contributed by atoms with Gasteiger partial charge in [0.15, 0.2) is 17.5 Å². The molecule has 6 heteroatoms. The number of hydrogen-bond donors (Lipinski definition) is 1. The number of aryl methyl sites for hydroxylation is 1. The molecule has 0 spiro atoms. The van der Waals surface area contributed by atoms with Crippen LogP contribution >= 0.6 is 0 Å². The standard InChI is InChI=1S/C29H31F5O/c1-2-3-4-5-6-7-8-9-10-19-11-13-20(14-12-19)27-22(17-24(30)23(18-35)28(27)33)21-15-25(31)29(34)26(32)16-21/h11-17,35H,2-10,18H2,1H3. The van der Waals surface area contributed by atoms with Crippen LogP contribution in [0.15, 0.2) is 42.5 Å². The summed E-state index contributed by atoms with van der Waals surface area (Å²) in [5, 5.41) is 9.45. The Morgan fingerprint density at radius 3 is 1.77 bits per heavy atom. The molecule has 35 heavy (non-hydrogen) atoms. The average Bonchev–Trinajstić information content (AvgIpc) is 2.84. The first-order chi connectivity index (χ1) is 16.9. The summed E-state index contributed by atoms with van der Waals surface area (Å²) in [6.07, 6.45) is 10.5. The first-order valence-corrected chi connectivity index (χ1v) is 12.2. The molecular weight excluding hydrogens is 459 g/mol. The van der Waals surface area contributed by atoms with Gasteiger partial charge in [0.2, 0.25) is 0 Å². The van der Waals surface area contributed by atoms with Crippen molar-refractivity contribution in [3.8, 4) is 22.3 Å². The molecule has 0 aliphatic rings. The summed E-state index contributed by atoms with van der Waals surface area (Å²) in [6.45, 7) is 1.32. The quantitative estimate of drug-likeness (QED) is 0.153. The van der Waals surface area contributed by atoms with E-state index in [1.165, 1.54) is 38.5 Å². The van der Waals surface area contributed by atoms with E-state index in [9.17, 15) is 22.7 Å². The Labute approximate surface area is 203 Å². The molecule has 188 valence electrons. The Bertz CT molecular complexity index is 1100. The summed E-state index contributed by atoms with van der Waals surface area (Å²) in [5.74, 6) is -6.66. The normalized spacial score (nSPS) is 11.3. The van der Waals surface area contributed by atoms with Crippen LogP contribution < -0.4 is 0 Å². The topological polar surface area (TPSA) is 20.2 Å². The molecule has 0 fully saturated rings. The van der Waals surface area contributed by atoms with E-state index in [4.69, 9.17) is 0 Å². The highest BCUT2D eigenvalue weighted by atomic mass is 19.2. The molecule has 3 rings (SSSR count). The largest absolute Gasteiger partial charge is 0.391 e. The average molecular weight is 491 g/mol. The molecule has 3 aromatic carbocycles. The van der Waals surface area contributed by atoms with Crippen LogP contribution in [-0.2, 0) is 13.0 Å². The Morgan fingerprint density at radius 2 is 1.20 bits per heavy atom. The first-order valence-electron chi connectivity index (χ1n) is 12.2. The molecule has 0 aromatic heterocycles. The van der Waals surface area contributed by atoms with Gasteiger partial charge in [-0.3, -0.25) is 0 Å². The minimum Gasteiger partial charge on any atom is -0.391 e. The zero-order valence-electron chi connectivity index (χ0n) is 19.9. The van der Waals surface area contributed by atoms with Crippen LogP contribution in [0.3, 0.4) is 0 Å². The third-order valence-corrected chi connectivity index (χ3v) is 6.33. The lowest BCUT2D eigenvalue weighted by molar-refractivity contribution is 0.269. The molecule has 0 amide bonds. The second kappa shape index (κ2) is 12.8. The molecule has 0 atom stereocenters. The number of aliphatic hydroxyl groups is 1. The maximum absolute atomic E-state index is 15.3. The van der Waals surface area contributed by atoms with E-state index in [1.807, 2.05) is 12.1 Å². The second-order valence-corrected chi connectivity index (χ2v) is 8.91. The Morgan fingerprint density at radius 1 is 0.629 bits per heavy atom. The molecule has 0 bridgehead atoms. The molecule has 1 nitrogen and oxygen atoms in total. The van der Waals surface area contributed by atoms with Crippen LogP contribution in [0.4, 0.5) is 22.0 Å². The van der Waals surface area contributed by atoms with Gasteiger partial charge in [0.05, 0.1) is 6.61 Å². The second-order valence-electron chi connectivity index (χ2n) is 8.91. The van der Waals surface area contributed by atoms with Gasteiger partial charge in [-0.1, -0.05) is 76.1 Å².